The minimum Gasteiger partial charge on any atom is -0.391 e. The molecule has 27 nitrogen and oxygen atoms in total. The van der Waals surface area contributed by atoms with Crippen molar-refractivity contribution in [1.29, 1.82) is 0 Å². The molecule has 0 radical (unpaired) electrons. The van der Waals surface area contributed by atoms with E-state index in [0.717, 1.165) is 75.5 Å². The predicted molar refractivity (Wildman–Crippen MR) is 389 cm³/mol. The Balaban J connectivity index is 1.97. The number of likely N-dealkylation sites (tertiary alicyclic amines) is 1. The van der Waals surface area contributed by atoms with Crippen molar-refractivity contribution in [2.45, 2.75) is 278 Å². The minimum absolute atomic E-state index is 0.00596. The summed E-state index contributed by atoms with van der Waals surface area (Å²) >= 11 is 0. The molecule has 2 aliphatic heterocycles. The predicted octanol–water partition coefficient (Wildman–Crippen LogP) is 4.73. The van der Waals surface area contributed by atoms with Crippen molar-refractivity contribution in [3.63, 3.8) is 0 Å². The number of carbonyl (C=O) groups excluding carboxylic acids is 12. The number of hydrogen-bond donors (Lipinski definition) is 5. The fraction of sp³-hybridized carbons (Fsp3) is 0.840. The third-order valence-corrected chi connectivity index (χ3v) is 20.9. The van der Waals surface area contributed by atoms with Crippen molar-refractivity contribution in [2.24, 2.45) is 35.5 Å². The number of aliphatic hydroxyl groups excluding tert-OH is 1. The van der Waals surface area contributed by atoms with Crippen molar-refractivity contribution in [3.05, 3.63) is 0 Å². The summed E-state index contributed by atoms with van der Waals surface area (Å²) in [4.78, 5) is 191. The van der Waals surface area contributed by atoms with Gasteiger partial charge in [-0.1, -0.05) is 126 Å². The molecule has 0 aromatic carbocycles. The summed E-state index contributed by atoms with van der Waals surface area (Å²) < 4.78 is 12.1. The molecule has 0 aromatic heterocycles. The number of nitrogens with zero attached hydrogens (tertiary/aromatic N) is 8. The zero-order valence-electron chi connectivity index (χ0n) is 65.6. The van der Waals surface area contributed by atoms with E-state index in [1.54, 1.807) is 32.6 Å². The first-order chi connectivity index (χ1) is 47.8. The van der Waals surface area contributed by atoms with E-state index in [0.29, 0.717) is 32.4 Å². The summed E-state index contributed by atoms with van der Waals surface area (Å²) in [5, 5.41) is 21.9. The second-order valence-electron chi connectivity index (χ2n) is 32.2. The van der Waals surface area contributed by atoms with Crippen molar-refractivity contribution in [2.75, 3.05) is 95.3 Å². The SMILES string of the molecule is CC[C@H](C)[C@@H]1NC(=O)[C@H](CC(C)C)N(C)C(=O)[C@H](COC[C@@H](C)O)NC(=O)[C@H](CC2CCCCC2)N(C)C(=O)CN(C)C(=O)C[C@@H](C(=O)N2CCCCC2)NC(=O)[C@H](CC(C)C)N(C)C(=O)[C@H](COC(C)(C)C)NC(=O)[C@H](CC(C)C)N(C)C(=O)[C@H](CC2CCCCC2)N(C)C(=O)CN(C)C1=O. The van der Waals surface area contributed by atoms with Crippen LogP contribution in [-0.4, -0.2) is 277 Å². The van der Waals surface area contributed by atoms with Crippen LogP contribution in [0.1, 0.15) is 212 Å². The van der Waals surface area contributed by atoms with Crippen molar-refractivity contribution in [3.8, 4) is 0 Å². The smallest absolute Gasteiger partial charge is 0.247 e. The molecule has 0 aromatic rings. The number of hydrogen-bond acceptors (Lipinski definition) is 15. The molecule has 0 bridgehead atoms. The van der Waals surface area contributed by atoms with Gasteiger partial charge in [0.15, 0.2) is 0 Å². The first-order valence-corrected chi connectivity index (χ1v) is 38.0. The van der Waals surface area contributed by atoms with Gasteiger partial charge in [0.2, 0.25) is 70.9 Å². The third-order valence-electron chi connectivity index (χ3n) is 20.9. The highest BCUT2D eigenvalue weighted by Crippen LogP contribution is 2.32. The summed E-state index contributed by atoms with van der Waals surface area (Å²) in [7, 11) is 10.1. The molecule has 582 valence electrons. The van der Waals surface area contributed by atoms with E-state index in [1.807, 2.05) is 48.5 Å². The summed E-state index contributed by atoms with van der Waals surface area (Å²) in [5.41, 5.74) is -0.833. The Bertz CT molecular complexity index is 2780. The number of ether oxygens (including phenoxy) is 2. The monoisotopic (exact) mass is 1440 g/mol. The van der Waals surface area contributed by atoms with Crippen LogP contribution in [-0.2, 0) is 67.0 Å². The molecule has 2 saturated heterocycles. The number of amides is 12. The van der Waals surface area contributed by atoms with Crippen LogP contribution in [0.2, 0.25) is 0 Å². The van der Waals surface area contributed by atoms with Crippen LogP contribution in [0.15, 0.2) is 0 Å². The van der Waals surface area contributed by atoms with Crippen LogP contribution in [0.4, 0.5) is 0 Å². The lowest BCUT2D eigenvalue weighted by Crippen LogP contribution is -2.62. The molecule has 2 saturated carbocycles. The Labute approximate surface area is 609 Å². The van der Waals surface area contributed by atoms with Gasteiger partial charge < -0.3 is 75.0 Å². The summed E-state index contributed by atoms with van der Waals surface area (Å²) in [5.74, 6) is -9.05. The number of likely N-dealkylation sites (N-methyl/N-ethyl adjacent to an activating group) is 7. The van der Waals surface area contributed by atoms with E-state index in [1.165, 1.54) is 85.7 Å². The zero-order valence-corrected chi connectivity index (χ0v) is 65.6. The highest BCUT2D eigenvalue weighted by molar-refractivity contribution is 5.99. The van der Waals surface area contributed by atoms with Gasteiger partial charge >= 0.3 is 0 Å². The molecule has 4 fully saturated rings. The molecule has 5 N–H and O–H groups in total. The van der Waals surface area contributed by atoms with E-state index in [9.17, 15) is 29.1 Å². The highest BCUT2D eigenvalue weighted by Gasteiger charge is 2.44. The van der Waals surface area contributed by atoms with Crippen LogP contribution >= 0.6 is 0 Å². The van der Waals surface area contributed by atoms with Crippen LogP contribution < -0.4 is 21.3 Å². The number of nitrogens with one attached hydrogen (secondary N) is 4. The number of rotatable bonds is 19. The van der Waals surface area contributed by atoms with Gasteiger partial charge in [-0.3, -0.25) is 57.5 Å². The minimum atomic E-state index is -1.48. The van der Waals surface area contributed by atoms with Crippen LogP contribution in [0.3, 0.4) is 0 Å². The maximum absolute atomic E-state index is 15.5. The number of carbonyl (C=O) groups is 12. The number of aliphatic hydroxyl groups is 1. The van der Waals surface area contributed by atoms with E-state index in [4.69, 9.17) is 9.47 Å². The standard InChI is InChI=1S/C75H132N12O15/c1-20-50(8)65-74(100)81(14)43-64(91)83(16)61(40-53-32-26-22-27-33-53)73(99)86(19)58(37-48(4)5)67(93)78-56(46-102-75(10,11)12)71(97)84(17)57(36-47(2)3)66(92)76-54(72(98)87-34-28-23-29-35-87)41-62(89)80(13)42-63(90)82(15)60(39-52-30-24-21-25-31-52)68(94)77-55(45-101-44-51(9)88)70(96)85(18)59(38-49(6)7)69(95)79-65/h47-61,65,88H,20-46H2,1-19H3,(H,76,92)(H,77,94)(H,78,93)(H,79,95)/t50-,51+,54-,55-,56-,57-,58-,59-,60-,61-,65-/m0/s1. The molecule has 11 atom stereocenters. The Morgan fingerprint density at radius 1 is 0.480 bits per heavy atom. The lowest BCUT2D eigenvalue weighted by Gasteiger charge is -2.38. The first-order valence-electron chi connectivity index (χ1n) is 38.0. The van der Waals surface area contributed by atoms with E-state index < -0.39 is 169 Å². The Morgan fingerprint density at radius 2 is 0.882 bits per heavy atom. The molecule has 2 aliphatic carbocycles. The Morgan fingerprint density at radius 3 is 1.33 bits per heavy atom. The van der Waals surface area contributed by atoms with Gasteiger partial charge in [0.05, 0.1) is 51.0 Å². The first kappa shape index (κ1) is 87.9. The molecular formula is C75H132N12O15. The molecule has 27 heteroatoms. The highest BCUT2D eigenvalue weighted by atomic mass is 16.5. The second kappa shape index (κ2) is 41.9. The molecule has 2 heterocycles. The lowest BCUT2D eigenvalue weighted by molar-refractivity contribution is -0.151. The maximum atomic E-state index is 15.5. The fourth-order valence-corrected chi connectivity index (χ4v) is 14.2. The fourth-order valence-electron chi connectivity index (χ4n) is 14.2. The summed E-state index contributed by atoms with van der Waals surface area (Å²) in [6.07, 6.45) is 10.6. The van der Waals surface area contributed by atoms with Gasteiger partial charge in [-0.05, 0) is 115 Å². The van der Waals surface area contributed by atoms with E-state index >= 15 is 33.6 Å². The van der Waals surface area contributed by atoms with Crippen molar-refractivity contribution < 1.29 is 72.1 Å². The molecule has 102 heavy (non-hydrogen) atoms. The van der Waals surface area contributed by atoms with Gasteiger partial charge in [-0.15, -0.1) is 0 Å². The quantitative estimate of drug-likeness (QED) is 0.117. The normalized spacial score (nSPS) is 26.8. The van der Waals surface area contributed by atoms with Crippen LogP contribution in [0, 0.1) is 35.5 Å². The second-order valence-corrected chi connectivity index (χ2v) is 32.2. The van der Waals surface area contributed by atoms with Gasteiger partial charge in [-0.2, -0.15) is 0 Å². The zero-order chi connectivity index (χ0) is 76.6. The molecule has 0 unspecified atom stereocenters. The molecule has 4 rings (SSSR count). The van der Waals surface area contributed by atoms with E-state index in [2.05, 4.69) is 21.3 Å². The van der Waals surface area contributed by atoms with Gasteiger partial charge in [-0.25, -0.2) is 0 Å². The van der Waals surface area contributed by atoms with Crippen molar-refractivity contribution >= 4 is 70.9 Å². The largest absolute Gasteiger partial charge is 0.391 e. The summed E-state index contributed by atoms with van der Waals surface area (Å²) in [6, 6.07) is -11.6. The average molecular weight is 1440 g/mol. The van der Waals surface area contributed by atoms with Crippen molar-refractivity contribution in [1.82, 2.24) is 60.5 Å². The van der Waals surface area contributed by atoms with Crippen LogP contribution in [0.5, 0.6) is 0 Å². The summed E-state index contributed by atoms with van der Waals surface area (Å²) in [6.45, 7) is 20.3. The average Bonchev–Trinajstić information content (AvgIpc) is 0.823. The topological polar surface area (TPSA) is 318 Å². The third kappa shape index (κ3) is 27.2. The Kier molecular flexibility index (Phi) is 36.1. The maximum Gasteiger partial charge on any atom is 0.247 e. The van der Waals surface area contributed by atoms with Gasteiger partial charge in [0.1, 0.15) is 54.4 Å². The number of piperidine rings is 1. The Hall–Kier alpha value is -6.48. The lowest BCUT2D eigenvalue weighted by atomic mass is 9.84. The molecule has 12 amide bonds. The molecule has 0 spiro atoms. The molecular weight excluding hydrogens is 1310 g/mol. The van der Waals surface area contributed by atoms with E-state index in [-0.39, 0.29) is 74.9 Å². The molecule has 4 aliphatic rings. The van der Waals surface area contributed by atoms with Gasteiger partial charge in [0, 0.05) is 62.4 Å². The van der Waals surface area contributed by atoms with Crippen LogP contribution in [0.25, 0.3) is 0 Å². The van der Waals surface area contributed by atoms with Gasteiger partial charge in [0.25, 0.3) is 0 Å².